The fourth-order valence-electron chi connectivity index (χ4n) is 1.71. The second kappa shape index (κ2) is 5.14. The molecule has 1 aromatic heterocycles. The summed E-state index contributed by atoms with van der Waals surface area (Å²) in [7, 11) is 0. The molecule has 0 amide bonds. The number of rotatable bonds is 3. The highest BCUT2D eigenvalue weighted by molar-refractivity contribution is 5.67. The van der Waals surface area contributed by atoms with E-state index in [1.54, 1.807) is 6.20 Å². The Morgan fingerprint density at radius 1 is 1.29 bits per heavy atom. The van der Waals surface area contributed by atoms with Crippen molar-refractivity contribution in [2.75, 3.05) is 0 Å². The molecule has 0 aliphatic carbocycles. The van der Waals surface area contributed by atoms with Gasteiger partial charge in [-0.1, -0.05) is 35.4 Å². The van der Waals surface area contributed by atoms with Crippen LogP contribution in [0.4, 0.5) is 0 Å². The average molecular weight is 224 g/mol. The number of pyridine rings is 1. The van der Waals surface area contributed by atoms with Gasteiger partial charge in [-0.25, -0.2) is 0 Å². The van der Waals surface area contributed by atoms with E-state index >= 15 is 0 Å². The Balaban J connectivity index is 2.50. The highest BCUT2D eigenvalue weighted by Gasteiger charge is 2.05. The van der Waals surface area contributed by atoms with Crippen molar-refractivity contribution in [1.82, 2.24) is 4.98 Å². The van der Waals surface area contributed by atoms with Crippen LogP contribution in [0.15, 0.2) is 47.7 Å². The molecule has 0 saturated carbocycles. The summed E-state index contributed by atoms with van der Waals surface area (Å²) < 4.78 is 0. The van der Waals surface area contributed by atoms with Crippen LogP contribution in [-0.4, -0.2) is 4.98 Å². The molecule has 1 heterocycles. The number of hydrogen-bond acceptors (Lipinski definition) is 2. The predicted molar refractivity (Wildman–Crippen MR) is 67.3 cm³/mol. The lowest BCUT2D eigenvalue weighted by Crippen LogP contribution is -1.92. The molecule has 4 nitrogen and oxygen atoms in total. The van der Waals surface area contributed by atoms with Gasteiger partial charge in [-0.2, -0.15) is 0 Å². The molecule has 2 rings (SSSR count). The molecular weight excluding hydrogens is 212 g/mol. The fraction of sp³-hybridized carbons (Fsp3) is 0.154. The molecule has 2 aromatic rings. The molecule has 0 atom stereocenters. The topological polar surface area (TPSA) is 61.7 Å². The van der Waals surface area contributed by atoms with Gasteiger partial charge in [0.15, 0.2) is 0 Å². The van der Waals surface area contributed by atoms with E-state index in [2.05, 4.69) is 15.0 Å². The van der Waals surface area contributed by atoms with Crippen LogP contribution in [-0.2, 0) is 6.54 Å². The van der Waals surface area contributed by atoms with Gasteiger partial charge in [0.05, 0.1) is 6.54 Å². The minimum atomic E-state index is 0.327. The van der Waals surface area contributed by atoms with Crippen molar-refractivity contribution in [2.24, 2.45) is 5.11 Å². The van der Waals surface area contributed by atoms with E-state index in [0.29, 0.717) is 6.54 Å². The third-order valence-electron chi connectivity index (χ3n) is 2.51. The smallest absolute Gasteiger partial charge is 0.0532 e. The van der Waals surface area contributed by atoms with Gasteiger partial charge < -0.3 is 0 Å². The highest BCUT2D eigenvalue weighted by Crippen LogP contribution is 2.24. The molecule has 17 heavy (non-hydrogen) atoms. The summed E-state index contributed by atoms with van der Waals surface area (Å²) in [6.07, 6.45) is 1.77. The Morgan fingerprint density at radius 3 is 2.76 bits per heavy atom. The fourth-order valence-corrected chi connectivity index (χ4v) is 1.71. The van der Waals surface area contributed by atoms with E-state index in [1.807, 2.05) is 43.3 Å². The van der Waals surface area contributed by atoms with Crippen molar-refractivity contribution in [3.63, 3.8) is 0 Å². The molecule has 0 saturated heterocycles. The maximum absolute atomic E-state index is 8.38. The molecule has 0 spiro atoms. The molecule has 0 fully saturated rings. The molecule has 0 bridgehead atoms. The standard InChI is InChI=1S/C13H12N4/c1-10-7-13(11-5-3-2-4-6-11)12(8-15-10)9-16-17-14/h2-8H,9H2,1H3. The molecule has 0 aliphatic rings. The lowest BCUT2D eigenvalue weighted by Gasteiger charge is -2.08. The molecule has 0 unspecified atom stereocenters. The maximum Gasteiger partial charge on any atom is 0.0532 e. The van der Waals surface area contributed by atoms with Gasteiger partial charge in [0.2, 0.25) is 0 Å². The van der Waals surface area contributed by atoms with Crippen LogP contribution in [0, 0.1) is 6.92 Å². The van der Waals surface area contributed by atoms with Crippen LogP contribution < -0.4 is 0 Å². The monoisotopic (exact) mass is 224 g/mol. The highest BCUT2D eigenvalue weighted by atomic mass is 15.1. The molecule has 0 N–H and O–H groups in total. The third kappa shape index (κ3) is 2.62. The van der Waals surface area contributed by atoms with Gasteiger partial charge in [-0.05, 0) is 35.2 Å². The summed E-state index contributed by atoms with van der Waals surface area (Å²) in [6, 6.07) is 12.0. The first kappa shape index (κ1) is 11.2. The summed E-state index contributed by atoms with van der Waals surface area (Å²) >= 11 is 0. The van der Waals surface area contributed by atoms with Crippen LogP contribution >= 0.6 is 0 Å². The molecule has 84 valence electrons. The molecular formula is C13H12N4. The minimum Gasteiger partial charge on any atom is -0.261 e. The number of nitrogens with zero attached hydrogens (tertiary/aromatic N) is 4. The zero-order valence-corrected chi connectivity index (χ0v) is 9.54. The van der Waals surface area contributed by atoms with Crippen LogP contribution in [0.2, 0.25) is 0 Å². The van der Waals surface area contributed by atoms with Crippen molar-refractivity contribution < 1.29 is 0 Å². The first-order valence-corrected chi connectivity index (χ1v) is 5.33. The Morgan fingerprint density at radius 2 is 2.06 bits per heavy atom. The zero-order chi connectivity index (χ0) is 12.1. The van der Waals surface area contributed by atoms with E-state index in [9.17, 15) is 0 Å². The zero-order valence-electron chi connectivity index (χ0n) is 9.54. The molecule has 4 heteroatoms. The Labute approximate surface area is 99.6 Å². The van der Waals surface area contributed by atoms with Gasteiger partial charge in [-0.3, -0.25) is 4.98 Å². The summed E-state index contributed by atoms with van der Waals surface area (Å²) in [5.41, 5.74) is 12.5. The summed E-state index contributed by atoms with van der Waals surface area (Å²) in [6.45, 7) is 2.28. The maximum atomic E-state index is 8.38. The van der Waals surface area contributed by atoms with E-state index in [-0.39, 0.29) is 0 Å². The van der Waals surface area contributed by atoms with Crippen molar-refractivity contribution in [2.45, 2.75) is 13.5 Å². The van der Waals surface area contributed by atoms with Gasteiger partial charge in [0.25, 0.3) is 0 Å². The van der Waals surface area contributed by atoms with Gasteiger partial charge in [-0.15, -0.1) is 0 Å². The van der Waals surface area contributed by atoms with Crippen molar-refractivity contribution >= 4 is 0 Å². The third-order valence-corrected chi connectivity index (χ3v) is 2.51. The van der Waals surface area contributed by atoms with Gasteiger partial charge in [0.1, 0.15) is 0 Å². The average Bonchev–Trinajstić information content (AvgIpc) is 2.38. The second-order valence-electron chi connectivity index (χ2n) is 3.74. The number of hydrogen-bond donors (Lipinski definition) is 0. The van der Waals surface area contributed by atoms with Crippen LogP contribution in [0.3, 0.4) is 0 Å². The number of azide groups is 1. The quantitative estimate of drug-likeness (QED) is 0.443. The number of aryl methyl sites for hydroxylation is 1. The van der Waals surface area contributed by atoms with Crippen LogP contribution in [0.25, 0.3) is 21.6 Å². The Kier molecular flexibility index (Phi) is 3.38. The summed E-state index contributed by atoms with van der Waals surface area (Å²) in [4.78, 5) is 7.02. The largest absolute Gasteiger partial charge is 0.261 e. The van der Waals surface area contributed by atoms with E-state index in [0.717, 1.165) is 22.4 Å². The Hall–Kier alpha value is -2.32. The number of benzene rings is 1. The lowest BCUT2D eigenvalue weighted by molar-refractivity contribution is 1.02. The summed E-state index contributed by atoms with van der Waals surface area (Å²) in [5.74, 6) is 0. The van der Waals surface area contributed by atoms with Crippen LogP contribution in [0.5, 0.6) is 0 Å². The van der Waals surface area contributed by atoms with E-state index in [1.165, 1.54) is 0 Å². The van der Waals surface area contributed by atoms with Crippen molar-refractivity contribution in [3.8, 4) is 11.1 Å². The van der Waals surface area contributed by atoms with Crippen LogP contribution in [0.1, 0.15) is 11.3 Å². The minimum absolute atomic E-state index is 0.327. The lowest BCUT2D eigenvalue weighted by atomic mass is 10.0. The second-order valence-corrected chi connectivity index (χ2v) is 3.74. The van der Waals surface area contributed by atoms with Crippen molar-refractivity contribution in [1.29, 1.82) is 0 Å². The van der Waals surface area contributed by atoms with Gasteiger partial charge >= 0.3 is 0 Å². The summed E-state index contributed by atoms with van der Waals surface area (Å²) in [5, 5.41) is 3.60. The molecule has 1 aromatic carbocycles. The van der Waals surface area contributed by atoms with E-state index in [4.69, 9.17) is 5.53 Å². The predicted octanol–water partition coefficient (Wildman–Crippen LogP) is 3.87. The molecule has 0 radical (unpaired) electrons. The first-order chi connectivity index (χ1) is 8.31. The van der Waals surface area contributed by atoms with E-state index < -0.39 is 0 Å². The Bertz CT molecular complexity index is 557. The SMILES string of the molecule is Cc1cc(-c2ccccc2)c(CN=[N+]=[N-])cn1. The number of aromatic nitrogens is 1. The normalized spacial score (nSPS) is 9.71. The van der Waals surface area contributed by atoms with Gasteiger partial charge in [0, 0.05) is 16.8 Å². The van der Waals surface area contributed by atoms with Crippen molar-refractivity contribution in [3.05, 3.63) is 64.3 Å². The molecule has 0 aliphatic heterocycles. The first-order valence-electron chi connectivity index (χ1n) is 5.33.